The molecule has 1 saturated carbocycles. The zero-order valence-corrected chi connectivity index (χ0v) is 8.31. The Kier molecular flexibility index (Phi) is 3.17. The lowest BCUT2D eigenvalue weighted by atomic mass is 10.3. The standard InChI is InChI=1S/C11H12NO3/c13-8-10(11-6-3-7-14-11)12-15-9-4-1-2-5-9/h3,6-7,9H,1-2,4-5H2. The van der Waals surface area contributed by atoms with Crippen LogP contribution in [0.25, 0.3) is 0 Å². The number of carbonyl (C=O) groups excluding carboxylic acids is 1. The van der Waals surface area contributed by atoms with E-state index in [1.807, 2.05) is 0 Å². The summed E-state index contributed by atoms with van der Waals surface area (Å²) >= 11 is 0. The highest BCUT2D eigenvalue weighted by molar-refractivity contribution is 6.35. The number of rotatable bonds is 4. The second kappa shape index (κ2) is 4.77. The van der Waals surface area contributed by atoms with E-state index in [2.05, 4.69) is 5.16 Å². The van der Waals surface area contributed by atoms with Crippen molar-refractivity contribution < 1.29 is 14.0 Å². The number of hydrogen-bond acceptors (Lipinski definition) is 4. The van der Waals surface area contributed by atoms with Crippen LogP contribution in [0.1, 0.15) is 31.4 Å². The van der Waals surface area contributed by atoms with Gasteiger partial charge in [-0.25, -0.2) is 0 Å². The molecule has 0 saturated heterocycles. The maximum Gasteiger partial charge on any atom is 0.261 e. The Morgan fingerprint density at radius 2 is 2.33 bits per heavy atom. The summed E-state index contributed by atoms with van der Waals surface area (Å²) in [5.41, 5.74) is 0.0897. The largest absolute Gasteiger partial charge is 0.462 e. The average molecular weight is 206 g/mol. The smallest absolute Gasteiger partial charge is 0.261 e. The van der Waals surface area contributed by atoms with Crippen LogP contribution in [-0.2, 0) is 9.63 Å². The number of hydrogen-bond donors (Lipinski definition) is 0. The van der Waals surface area contributed by atoms with Crippen molar-refractivity contribution in [1.29, 1.82) is 0 Å². The first kappa shape index (κ1) is 9.96. The number of nitrogens with zero attached hydrogens (tertiary/aromatic N) is 1. The van der Waals surface area contributed by atoms with Crippen LogP contribution in [0.15, 0.2) is 28.0 Å². The molecule has 79 valence electrons. The Bertz CT molecular complexity index is 337. The Balaban J connectivity index is 1.99. The molecule has 4 heteroatoms. The predicted octanol–water partition coefficient (Wildman–Crippen LogP) is 2.05. The molecule has 1 fully saturated rings. The van der Waals surface area contributed by atoms with Crippen molar-refractivity contribution in [2.24, 2.45) is 5.16 Å². The molecule has 1 aliphatic rings. The minimum atomic E-state index is 0.0897. The first-order valence-electron chi connectivity index (χ1n) is 5.06. The molecule has 0 atom stereocenters. The summed E-state index contributed by atoms with van der Waals surface area (Å²) in [4.78, 5) is 15.9. The van der Waals surface area contributed by atoms with Gasteiger partial charge in [0.05, 0.1) is 6.26 Å². The number of furan rings is 1. The summed E-state index contributed by atoms with van der Waals surface area (Å²) < 4.78 is 5.03. The van der Waals surface area contributed by atoms with Crippen molar-refractivity contribution in [1.82, 2.24) is 0 Å². The van der Waals surface area contributed by atoms with Crippen LogP contribution in [0, 0.1) is 0 Å². The highest BCUT2D eigenvalue weighted by Crippen LogP contribution is 2.21. The van der Waals surface area contributed by atoms with Crippen LogP contribution in [0.3, 0.4) is 0 Å². The molecular formula is C11H12NO3. The molecule has 0 N–H and O–H groups in total. The van der Waals surface area contributed by atoms with Gasteiger partial charge in [0.1, 0.15) is 6.10 Å². The summed E-state index contributed by atoms with van der Waals surface area (Å²) in [6, 6.07) is 3.35. The second-order valence-electron chi connectivity index (χ2n) is 3.53. The van der Waals surface area contributed by atoms with Gasteiger partial charge in [-0.05, 0) is 37.8 Å². The van der Waals surface area contributed by atoms with Crippen molar-refractivity contribution >= 4 is 12.0 Å². The van der Waals surface area contributed by atoms with Gasteiger partial charge in [0.25, 0.3) is 6.29 Å². The second-order valence-corrected chi connectivity index (χ2v) is 3.53. The molecule has 1 aromatic rings. The Hall–Kier alpha value is -1.58. The molecule has 1 aliphatic carbocycles. The number of oxime groups is 1. The minimum Gasteiger partial charge on any atom is -0.462 e. The summed E-state index contributed by atoms with van der Waals surface area (Å²) in [5.74, 6) is 0.392. The van der Waals surface area contributed by atoms with Gasteiger partial charge in [-0.15, -0.1) is 0 Å². The van der Waals surface area contributed by atoms with E-state index in [-0.39, 0.29) is 11.8 Å². The molecule has 1 heterocycles. The Morgan fingerprint density at radius 1 is 1.53 bits per heavy atom. The maximum atomic E-state index is 10.6. The molecule has 0 amide bonds. The molecule has 1 radical (unpaired) electrons. The van der Waals surface area contributed by atoms with Gasteiger partial charge in [0.15, 0.2) is 11.5 Å². The molecule has 0 bridgehead atoms. The lowest BCUT2D eigenvalue weighted by Gasteiger charge is -2.05. The first-order valence-corrected chi connectivity index (χ1v) is 5.06. The van der Waals surface area contributed by atoms with Gasteiger partial charge >= 0.3 is 0 Å². The lowest BCUT2D eigenvalue weighted by molar-refractivity contribution is 0.0648. The van der Waals surface area contributed by atoms with Crippen LogP contribution in [0.4, 0.5) is 0 Å². The van der Waals surface area contributed by atoms with E-state index in [1.54, 1.807) is 18.4 Å². The highest BCUT2D eigenvalue weighted by atomic mass is 16.6. The molecular weight excluding hydrogens is 194 g/mol. The third-order valence-electron chi connectivity index (χ3n) is 2.45. The molecule has 0 unspecified atom stereocenters. The summed E-state index contributed by atoms with van der Waals surface area (Å²) in [6.45, 7) is 0. The van der Waals surface area contributed by atoms with Crippen molar-refractivity contribution in [3.05, 3.63) is 24.2 Å². The van der Waals surface area contributed by atoms with E-state index >= 15 is 0 Å². The van der Waals surface area contributed by atoms with Crippen molar-refractivity contribution in [2.75, 3.05) is 0 Å². The fourth-order valence-electron chi connectivity index (χ4n) is 1.65. The normalized spacial score (nSPS) is 18.0. The monoisotopic (exact) mass is 206 g/mol. The fourth-order valence-corrected chi connectivity index (χ4v) is 1.65. The van der Waals surface area contributed by atoms with Gasteiger partial charge in [0.2, 0.25) is 0 Å². The predicted molar refractivity (Wildman–Crippen MR) is 54.3 cm³/mol. The third-order valence-corrected chi connectivity index (χ3v) is 2.45. The molecule has 0 aromatic carbocycles. The van der Waals surface area contributed by atoms with E-state index < -0.39 is 0 Å². The molecule has 4 nitrogen and oxygen atoms in total. The lowest BCUT2D eigenvalue weighted by Crippen LogP contribution is -2.07. The Labute approximate surface area is 87.9 Å². The summed E-state index contributed by atoms with van der Waals surface area (Å²) in [5, 5.41) is 3.77. The summed E-state index contributed by atoms with van der Waals surface area (Å²) in [7, 11) is 0. The van der Waals surface area contributed by atoms with E-state index in [4.69, 9.17) is 9.25 Å². The van der Waals surface area contributed by atoms with Gasteiger partial charge in [-0.3, -0.25) is 4.79 Å². The fraction of sp³-hybridized carbons (Fsp3) is 0.455. The highest BCUT2D eigenvalue weighted by Gasteiger charge is 2.17. The van der Waals surface area contributed by atoms with E-state index in [9.17, 15) is 4.79 Å². The van der Waals surface area contributed by atoms with Gasteiger partial charge < -0.3 is 9.25 Å². The Morgan fingerprint density at radius 3 is 2.93 bits per heavy atom. The van der Waals surface area contributed by atoms with Gasteiger partial charge in [0, 0.05) is 0 Å². The SMILES string of the molecule is O=[C]C(=NOC1CCCC1)c1ccco1. The van der Waals surface area contributed by atoms with Gasteiger partial charge in [-0.2, -0.15) is 0 Å². The molecule has 15 heavy (non-hydrogen) atoms. The van der Waals surface area contributed by atoms with Crippen LogP contribution >= 0.6 is 0 Å². The van der Waals surface area contributed by atoms with Crippen LogP contribution in [-0.4, -0.2) is 18.1 Å². The van der Waals surface area contributed by atoms with Crippen molar-refractivity contribution in [3.63, 3.8) is 0 Å². The quantitative estimate of drug-likeness (QED) is 0.559. The van der Waals surface area contributed by atoms with E-state index in [0.29, 0.717) is 5.76 Å². The molecule has 1 aromatic heterocycles. The molecule has 2 rings (SSSR count). The van der Waals surface area contributed by atoms with Crippen molar-refractivity contribution in [3.8, 4) is 0 Å². The first-order chi connectivity index (χ1) is 7.40. The van der Waals surface area contributed by atoms with E-state index in [1.165, 1.54) is 19.1 Å². The zero-order chi connectivity index (χ0) is 10.5. The van der Waals surface area contributed by atoms with Gasteiger partial charge in [-0.1, -0.05) is 5.16 Å². The topological polar surface area (TPSA) is 51.8 Å². The maximum absolute atomic E-state index is 10.6. The molecule has 0 aliphatic heterocycles. The minimum absolute atomic E-state index is 0.0897. The van der Waals surface area contributed by atoms with Crippen molar-refractivity contribution in [2.45, 2.75) is 31.8 Å². The average Bonchev–Trinajstić information content (AvgIpc) is 2.90. The van der Waals surface area contributed by atoms with Crippen LogP contribution in [0.5, 0.6) is 0 Å². The molecule has 0 spiro atoms. The zero-order valence-electron chi connectivity index (χ0n) is 8.31. The third kappa shape index (κ3) is 2.46. The summed E-state index contributed by atoms with van der Waals surface area (Å²) in [6.07, 6.45) is 7.69. The van der Waals surface area contributed by atoms with Crippen LogP contribution < -0.4 is 0 Å². The van der Waals surface area contributed by atoms with E-state index in [0.717, 1.165) is 12.8 Å². The van der Waals surface area contributed by atoms with Crippen LogP contribution in [0.2, 0.25) is 0 Å².